The van der Waals surface area contributed by atoms with E-state index in [1.54, 1.807) is 5.57 Å². The van der Waals surface area contributed by atoms with Crippen molar-refractivity contribution in [1.29, 1.82) is 0 Å². The van der Waals surface area contributed by atoms with Gasteiger partial charge in [-0.2, -0.15) is 0 Å². The van der Waals surface area contributed by atoms with Gasteiger partial charge in [-0.15, -0.1) is 0 Å². The zero-order valence-electron chi connectivity index (χ0n) is 15.4. The van der Waals surface area contributed by atoms with Gasteiger partial charge in [-0.05, 0) is 74.0 Å². The number of fused-ring (bicyclic) bond motifs is 1. The second-order valence-electron chi connectivity index (χ2n) is 8.74. The first-order valence-corrected chi connectivity index (χ1v) is 9.55. The average molecular weight is 291 g/mol. The molecular weight excluding hydrogens is 252 g/mol. The maximum atomic E-state index is 2.63. The van der Waals surface area contributed by atoms with Crippen molar-refractivity contribution in [3.05, 3.63) is 11.6 Å². The number of rotatable bonds is 5. The highest BCUT2D eigenvalue weighted by molar-refractivity contribution is 5.17. The highest BCUT2D eigenvalue weighted by atomic mass is 14.5. The molecule has 0 aliphatic heterocycles. The average Bonchev–Trinajstić information content (AvgIpc) is 2.81. The van der Waals surface area contributed by atoms with Crippen molar-refractivity contribution in [1.82, 2.24) is 0 Å². The Kier molecular flexibility index (Phi) is 5.60. The van der Waals surface area contributed by atoms with E-state index < -0.39 is 0 Å². The summed E-state index contributed by atoms with van der Waals surface area (Å²) < 4.78 is 0. The van der Waals surface area contributed by atoms with Gasteiger partial charge in [0.2, 0.25) is 0 Å². The predicted molar refractivity (Wildman–Crippen MR) is 94.3 cm³/mol. The second kappa shape index (κ2) is 6.88. The van der Waals surface area contributed by atoms with Crippen LogP contribution in [0.3, 0.4) is 0 Å². The van der Waals surface area contributed by atoms with Crippen LogP contribution in [0.25, 0.3) is 0 Å². The molecule has 0 radical (unpaired) electrons. The minimum absolute atomic E-state index is 0.612. The van der Waals surface area contributed by atoms with Gasteiger partial charge in [-0.3, -0.25) is 0 Å². The summed E-state index contributed by atoms with van der Waals surface area (Å²) in [6.45, 7) is 14.6. The molecule has 2 saturated carbocycles. The monoisotopic (exact) mass is 290 g/mol. The molecule has 0 aromatic rings. The van der Waals surface area contributed by atoms with Gasteiger partial charge in [0, 0.05) is 0 Å². The van der Waals surface area contributed by atoms with E-state index in [1.807, 2.05) is 0 Å². The summed E-state index contributed by atoms with van der Waals surface area (Å²) in [6.07, 6.45) is 12.5. The molecule has 2 aliphatic carbocycles. The van der Waals surface area contributed by atoms with Crippen molar-refractivity contribution >= 4 is 0 Å². The van der Waals surface area contributed by atoms with Crippen molar-refractivity contribution < 1.29 is 0 Å². The minimum Gasteiger partial charge on any atom is -0.0882 e. The third-order valence-electron chi connectivity index (χ3n) is 7.31. The Bertz CT molecular complexity index is 364. The highest BCUT2D eigenvalue weighted by Gasteiger charge is 2.50. The van der Waals surface area contributed by atoms with Crippen LogP contribution in [0, 0.1) is 35.0 Å². The Hall–Kier alpha value is -0.260. The lowest BCUT2D eigenvalue weighted by atomic mass is 9.60. The first kappa shape index (κ1) is 17.1. The lowest BCUT2D eigenvalue weighted by molar-refractivity contribution is 0.0906. The molecule has 0 heteroatoms. The van der Waals surface area contributed by atoms with Crippen LogP contribution in [0.5, 0.6) is 0 Å². The maximum absolute atomic E-state index is 2.63. The summed E-state index contributed by atoms with van der Waals surface area (Å²) in [5, 5.41) is 0. The minimum atomic E-state index is 0.612. The topological polar surface area (TPSA) is 0 Å². The van der Waals surface area contributed by atoms with Crippen LogP contribution >= 0.6 is 0 Å². The Morgan fingerprint density at radius 3 is 2.48 bits per heavy atom. The van der Waals surface area contributed by atoms with E-state index in [9.17, 15) is 0 Å². The van der Waals surface area contributed by atoms with Crippen molar-refractivity contribution in [3.63, 3.8) is 0 Å². The van der Waals surface area contributed by atoms with Gasteiger partial charge in [0.25, 0.3) is 0 Å². The number of allylic oxidation sites excluding steroid dienone is 2. The third kappa shape index (κ3) is 3.40. The fraction of sp³-hybridized carbons (Fsp3) is 0.905. The number of hydrogen-bond acceptors (Lipinski definition) is 0. The van der Waals surface area contributed by atoms with E-state index in [4.69, 9.17) is 0 Å². The predicted octanol–water partition coefficient (Wildman–Crippen LogP) is 6.86. The van der Waals surface area contributed by atoms with Crippen molar-refractivity contribution in [3.8, 4) is 0 Å². The van der Waals surface area contributed by atoms with E-state index in [-0.39, 0.29) is 0 Å². The Labute approximate surface area is 133 Å². The maximum Gasteiger partial charge on any atom is -0.0146 e. The van der Waals surface area contributed by atoms with E-state index in [0.29, 0.717) is 5.41 Å². The van der Waals surface area contributed by atoms with Gasteiger partial charge in [0.05, 0.1) is 0 Å². The van der Waals surface area contributed by atoms with E-state index in [2.05, 4.69) is 47.6 Å². The Morgan fingerprint density at radius 2 is 1.86 bits per heavy atom. The van der Waals surface area contributed by atoms with E-state index in [0.717, 1.165) is 29.6 Å². The zero-order chi connectivity index (χ0) is 15.6. The molecule has 0 spiro atoms. The van der Waals surface area contributed by atoms with Crippen molar-refractivity contribution in [2.45, 2.75) is 86.5 Å². The molecule has 0 aromatic carbocycles. The molecular formula is C21H38. The quantitative estimate of drug-likeness (QED) is 0.485. The van der Waals surface area contributed by atoms with E-state index >= 15 is 0 Å². The first-order valence-electron chi connectivity index (χ1n) is 9.55. The lowest BCUT2D eigenvalue weighted by Crippen LogP contribution is -2.36. The van der Waals surface area contributed by atoms with Gasteiger partial charge in [0.15, 0.2) is 0 Å². The summed E-state index contributed by atoms with van der Waals surface area (Å²) in [6, 6.07) is 0. The number of hydrogen-bond donors (Lipinski definition) is 0. The highest BCUT2D eigenvalue weighted by Crippen LogP contribution is 2.59. The van der Waals surface area contributed by atoms with Crippen LogP contribution < -0.4 is 0 Å². The molecule has 0 heterocycles. The van der Waals surface area contributed by atoms with Crippen LogP contribution in [-0.2, 0) is 0 Å². The standard InChI is InChI=1S/C21H38/c1-7-18-9-8-14-21(6)19(12-13-20(18)21)17(5)11-10-16(4)15(2)3/h7,15-17,19-20H,8-14H2,1-6H3/b18-7+/t16-,17+,19?,20?,21?/m0/s1. The third-order valence-corrected chi connectivity index (χ3v) is 7.31. The summed E-state index contributed by atoms with van der Waals surface area (Å²) in [5.41, 5.74) is 2.40. The molecule has 2 aliphatic rings. The molecule has 0 amide bonds. The fourth-order valence-corrected chi connectivity index (χ4v) is 5.42. The Balaban J connectivity index is 2.00. The lowest BCUT2D eigenvalue weighted by Gasteiger charge is -2.44. The SMILES string of the molecule is C/C=C1\CCCC2(C)C1CCC2[C@H](C)CC[C@H](C)C(C)C. The molecule has 5 atom stereocenters. The molecule has 0 aromatic heterocycles. The van der Waals surface area contributed by atoms with Gasteiger partial charge in [0.1, 0.15) is 0 Å². The molecule has 0 bridgehead atoms. The largest absolute Gasteiger partial charge is 0.0882 e. The molecule has 2 rings (SSSR count). The van der Waals surface area contributed by atoms with Gasteiger partial charge < -0.3 is 0 Å². The van der Waals surface area contributed by atoms with Gasteiger partial charge >= 0.3 is 0 Å². The van der Waals surface area contributed by atoms with Crippen molar-refractivity contribution in [2.24, 2.45) is 35.0 Å². The molecule has 3 unspecified atom stereocenters. The molecule has 0 nitrogen and oxygen atoms in total. The smallest absolute Gasteiger partial charge is 0.0146 e. The summed E-state index contributed by atoms with van der Waals surface area (Å²) in [7, 11) is 0. The van der Waals surface area contributed by atoms with Crippen LogP contribution in [0.4, 0.5) is 0 Å². The van der Waals surface area contributed by atoms with Gasteiger partial charge in [-0.25, -0.2) is 0 Å². The van der Waals surface area contributed by atoms with Crippen LogP contribution in [0.1, 0.15) is 86.5 Å². The fourth-order valence-electron chi connectivity index (χ4n) is 5.42. The van der Waals surface area contributed by atoms with E-state index in [1.165, 1.54) is 44.9 Å². The molecule has 122 valence electrons. The summed E-state index contributed by atoms with van der Waals surface area (Å²) >= 11 is 0. The molecule has 0 saturated heterocycles. The molecule has 21 heavy (non-hydrogen) atoms. The first-order chi connectivity index (χ1) is 9.90. The Morgan fingerprint density at radius 1 is 1.14 bits per heavy atom. The zero-order valence-corrected chi connectivity index (χ0v) is 15.4. The van der Waals surface area contributed by atoms with Crippen molar-refractivity contribution in [2.75, 3.05) is 0 Å². The van der Waals surface area contributed by atoms with Gasteiger partial charge in [-0.1, -0.05) is 59.1 Å². The summed E-state index contributed by atoms with van der Waals surface area (Å²) in [5.74, 6) is 4.52. The van der Waals surface area contributed by atoms with Crippen LogP contribution in [-0.4, -0.2) is 0 Å². The molecule has 2 fully saturated rings. The molecule has 0 N–H and O–H groups in total. The summed E-state index contributed by atoms with van der Waals surface area (Å²) in [4.78, 5) is 0. The van der Waals surface area contributed by atoms with Crippen LogP contribution in [0.15, 0.2) is 11.6 Å². The van der Waals surface area contributed by atoms with Crippen LogP contribution in [0.2, 0.25) is 0 Å². The second-order valence-corrected chi connectivity index (χ2v) is 8.74. The normalized spacial score (nSPS) is 37.8.